The highest BCUT2D eigenvalue weighted by Gasteiger charge is 2.12. The lowest BCUT2D eigenvalue weighted by atomic mass is 10.2. The number of hydrogen-bond acceptors (Lipinski definition) is 3. The molecule has 0 rings (SSSR count). The number of nitrogens with two attached hydrogens (primary N) is 1. The summed E-state index contributed by atoms with van der Waals surface area (Å²) in [6.45, 7) is 6.08. The predicted octanol–water partition coefficient (Wildman–Crippen LogP) is 1.37. The lowest BCUT2D eigenvalue weighted by molar-refractivity contribution is -0.123. The van der Waals surface area contributed by atoms with Gasteiger partial charge in [0.25, 0.3) is 0 Å². The molecule has 2 unspecified atom stereocenters. The van der Waals surface area contributed by atoms with Gasteiger partial charge in [0.05, 0.1) is 6.04 Å². The van der Waals surface area contributed by atoms with E-state index in [0.717, 1.165) is 17.9 Å². The molecule has 3 N–H and O–H groups in total. The molecule has 0 aliphatic carbocycles. The molecule has 84 valence electrons. The van der Waals surface area contributed by atoms with Crippen molar-refractivity contribution >= 4 is 17.7 Å². The van der Waals surface area contributed by atoms with Gasteiger partial charge in [-0.25, -0.2) is 0 Å². The summed E-state index contributed by atoms with van der Waals surface area (Å²) in [5, 5.41) is 2.91. The van der Waals surface area contributed by atoms with E-state index < -0.39 is 0 Å². The normalized spacial score (nSPS) is 14.9. The Bertz CT molecular complexity index is 164. The van der Waals surface area contributed by atoms with Gasteiger partial charge < -0.3 is 11.1 Å². The second-order valence-electron chi connectivity index (χ2n) is 3.41. The molecule has 0 bridgehead atoms. The zero-order valence-corrected chi connectivity index (χ0v) is 10.2. The number of rotatable bonds is 7. The van der Waals surface area contributed by atoms with Crippen LogP contribution in [0.15, 0.2) is 0 Å². The topological polar surface area (TPSA) is 55.1 Å². The quantitative estimate of drug-likeness (QED) is 0.635. The van der Waals surface area contributed by atoms with Crippen LogP contribution in [0.25, 0.3) is 0 Å². The van der Waals surface area contributed by atoms with Gasteiger partial charge in [-0.3, -0.25) is 4.79 Å². The fourth-order valence-electron chi connectivity index (χ4n) is 1.01. The number of hydrogen-bond donors (Lipinski definition) is 2. The lowest BCUT2D eigenvalue weighted by Gasteiger charge is -2.16. The molecule has 2 atom stereocenters. The van der Waals surface area contributed by atoms with Crippen LogP contribution in [0.1, 0.15) is 33.6 Å². The second kappa shape index (κ2) is 8.12. The molecule has 4 heteroatoms. The van der Waals surface area contributed by atoms with Gasteiger partial charge in [0.1, 0.15) is 0 Å². The summed E-state index contributed by atoms with van der Waals surface area (Å²) in [6, 6.07) is -0.115. The highest BCUT2D eigenvalue weighted by molar-refractivity contribution is 7.99. The van der Waals surface area contributed by atoms with E-state index in [-0.39, 0.29) is 18.0 Å². The van der Waals surface area contributed by atoms with E-state index >= 15 is 0 Å². The van der Waals surface area contributed by atoms with E-state index in [0.29, 0.717) is 6.42 Å². The zero-order chi connectivity index (χ0) is 11.0. The molecular formula is C10H22N2OS. The first-order chi connectivity index (χ1) is 6.61. The van der Waals surface area contributed by atoms with Crippen LogP contribution < -0.4 is 11.1 Å². The maximum absolute atomic E-state index is 11.4. The van der Waals surface area contributed by atoms with Crippen molar-refractivity contribution in [2.45, 2.75) is 45.7 Å². The fourth-order valence-corrected chi connectivity index (χ4v) is 1.82. The van der Waals surface area contributed by atoms with E-state index in [1.54, 1.807) is 0 Å². The van der Waals surface area contributed by atoms with E-state index in [4.69, 9.17) is 5.73 Å². The van der Waals surface area contributed by atoms with Crippen LogP contribution in [0.4, 0.5) is 0 Å². The minimum Gasteiger partial charge on any atom is -0.352 e. The molecule has 0 aliphatic rings. The number of amides is 1. The Morgan fingerprint density at radius 3 is 2.64 bits per heavy atom. The van der Waals surface area contributed by atoms with E-state index in [1.165, 1.54) is 0 Å². The molecule has 0 fully saturated rings. The maximum Gasteiger partial charge on any atom is 0.237 e. The third-order valence-corrected chi connectivity index (χ3v) is 3.00. The molecule has 0 saturated heterocycles. The minimum atomic E-state index is -0.351. The average Bonchev–Trinajstić information content (AvgIpc) is 2.16. The van der Waals surface area contributed by atoms with Crippen molar-refractivity contribution in [2.75, 3.05) is 11.5 Å². The Kier molecular flexibility index (Phi) is 7.99. The molecule has 0 aliphatic heterocycles. The second-order valence-corrected chi connectivity index (χ2v) is 4.80. The van der Waals surface area contributed by atoms with Crippen LogP contribution >= 0.6 is 11.8 Å². The molecule has 0 spiro atoms. The van der Waals surface area contributed by atoms with Gasteiger partial charge in [-0.2, -0.15) is 11.8 Å². The van der Waals surface area contributed by atoms with Gasteiger partial charge >= 0.3 is 0 Å². The summed E-state index contributed by atoms with van der Waals surface area (Å²) in [5.74, 6) is 2.20. The summed E-state index contributed by atoms with van der Waals surface area (Å²) in [5.41, 5.74) is 5.60. The smallest absolute Gasteiger partial charge is 0.237 e. The van der Waals surface area contributed by atoms with Crippen molar-refractivity contribution in [3.05, 3.63) is 0 Å². The van der Waals surface area contributed by atoms with Crippen LogP contribution in [0, 0.1) is 0 Å². The molecule has 0 aromatic carbocycles. The van der Waals surface area contributed by atoms with Gasteiger partial charge in [-0.15, -0.1) is 0 Å². The minimum absolute atomic E-state index is 0.0264. The Hall–Kier alpha value is -0.220. The van der Waals surface area contributed by atoms with Crippen molar-refractivity contribution in [3.63, 3.8) is 0 Å². The molecular weight excluding hydrogens is 196 g/mol. The average molecular weight is 218 g/mol. The largest absolute Gasteiger partial charge is 0.352 e. The van der Waals surface area contributed by atoms with Gasteiger partial charge in [0, 0.05) is 6.04 Å². The maximum atomic E-state index is 11.4. The lowest BCUT2D eigenvalue weighted by Crippen LogP contribution is -2.44. The Morgan fingerprint density at radius 1 is 1.50 bits per heavy atom. The van der Waals surface area contributed by atoms with Crippen molar-refractivity contribution < 1.29 is 4.79 Å². The fraction of sp³-hybridized carbons (Fsp3) is 0.900. The number of carbonyl (C=O) groups excluding carboxylic acids is 1. The van der Waals surface area contributed by atoms with Gasteiger partial charge in [-0.05, 0) is 31.3 Å². The molecule has 0 saturated carbocycles. The first kappa shape index (κ1) is 13.8. The summed E-state index contributed by atoms with van der Waals surface area (Å²) in [7, 11) is 0. The summed E-state index contributed by atoms with van der Waals surface area (Å²) >= 11 is 1.90. The Labute approximate surface area is 91.2 Å². The summed E-state index contributed by atoms with van der Waals surface area (Å²) in [6.07, 6.45) is 1.71. The van der Waals surface area contributed by atoms with Crippen LogP contribution in [-0.2, 0) is 4.79 Å². The van der Waals surface area contributed by atoms with Crippen molar-refractivity contribution in [1.29, 1.82) is 0 Å². The molecule has 0 aromatic heterocycles. The highest BCUT2D eigenvalue weighted by atomic mass is 32.2. The van der Waals surface area contributed by atoms with E-state index in [1.807, 2.05) is 25.6 Å². The zero-order valence-electron chi connectivity index (χ0n) is 9.38. The van der Waals surface area contributed by atoms with Gasteiger partial charge in [-0.1, -0.05) is 13.8 Å². The molecule has 0 aromatic rings. The SMILES string of the molecule is CCSCCC(C)NC(=O)C(N)CC. The third-order valence-electron chi connectivity index (χ3n) is 2.06. The third kappa shape index (κ3) is 6.27. The Morgan fingerprint density at radius 2 is 2.14 bits per heavy atom. The first-order valence-corrected chi connectivity index (χ1v) is 6.40. The van der Waals surface area contributed by atoms with Crippen LogP contribution in [0.3, 0.4) is 0 Å². The van der Waals surface area contributed by atoms with E-state index in [9.17, 15) is 4.79 Å². The van der Waals surface area contributed by atoms with Crippen LogP contribution in [0.2, 0.25) is 0 Å². The molecule has 1 amide bonds. The van der Waals surface area contributed by atoms with Crippen molar-refractivity contribution in [3.8, 4) is 0 Å². The molecule has 0 heterocycles. The highest BCUT2D eigenvalue weighted by Crippen LogP contribution is 2.03. The number of thioether (sulfide) groups is 1. The number of nitrogens with one attached hydrogen (secondary N) is 1. The van der Waals surface area contributed by atoms with Crippen LogP contribution in [0.5, 0.6) is 0 Å². The molecule has 0 radical (unpaired) electrons. The molecule has 14 heavy (non-hydrogen) atoms. The van der Waals surface area contributed by atoms with Crippen molar-refractivity contribution in [2.24, 2.45) is 5.73 Å². The van der Waals surface area contributed by atoms with E-state index in [2.05, 4.69) is 12.2 Å². The first-order valence-electron chi connectivity index (χ1n) is 5.25. The number of carbonyl (C=O) groups is 1. The molecule has 3 nitrogen and oxygen atoms in total. The summed E-state index contributed by atoms with van der Waals surface area (Å²) < 4.78 is 0. The van der Waals surface area contributed by atoms with Gasteiger partial charge in [0.15, 0.2) is 0 Å². The van der Waals surface area contributed by atoms with Crippen LogP contribution in [-0.4, -0.2) is 29.5 Å². The Balaban J connectivity index is 3.60. The monoisotopic (exact) mass is 218 g/mol. The van der Waals surface area contributed by atoms with Gasteiger partial charge in [0.2, 0.25) is 5.91 Å². The standard InChI is InChI=1S/C10H22N2OS/c1-4-9(11)10(13)12-8(3)6-7-14-5-2/h8-9H,4-7,11H2,1-3H3,(H,12,13). The predicted molar refractivity (Wildman–Crippen MR) is 63.5 cm³/mol. The van der Waals surface area contributed by atoms with Crippen molar-refractivity contribution in [1.82, 2.24) is 5.32 Å². The summed E-state index contributed by atoms with van der Waals surface area (Å²) in [4.78, 5) is 11.4.